The van der Waals surface area contributed by atoms with Gasteiger partial charge in [-0.2, -0.15) is 0 Å². The van der Waals surface area contributed by atoms with Gasteiger partial charge < -0.3 is 10.8 Å². The Hall–Kier alpha value is -1.49. The molecule has 0 amide bonds. The molecular weight excluding hydrogens is 170 g/mol. The molecule has 0 saturated heterocycles. The first kappa shape index (κ1) is 9.60. The van der Waals surface area contributed by atoms with Crippen molar-refractivity contribution in [2.75, 3.05) is 0 Å². The lowest BCUT2D eigenvalue weighted by atomic mass is 10.1. The van der Waals surface area contributed by atoms with E-state index in [0.717, 1.165) is 5.69 Å². The number of carbonyl (C=O) groups is 1. The topological polar surface area (TPSA) is 89.1 Å². The predicted molar refractivity (Wildman–Crippen MR) is 46.1 cm³/mol. The van der Waals surface area contributed by atoms with Crippen molar-refractivity contribution >= 4 is 5.97 Å². The van der Waals surface area contributed by atoms with Gasteiger partial charge >= 0.3 is 5.97 Å². The Balaban J connectivity index is 2.74. The van der Waals surface area contributed by atoms with Crippen LogP contribution in [0.2, 0.25) is 0 Å². The number of aryl methyl sites for hydroxylation is 1. The maximum Gasteiger partial charge on any atom is 0.320 e. The van der Waals surface area contributed by atoms with E-state index in [1.807, 2.05) is 0 Å². The van der Waals surface area contributed by atoms with Crippen LogP contribution >= 0.6 is 0 Å². The van der Waals surface area contributed by atoms with E-state index in [1.54, 1.807) is 13.1 Å². The SMILES string of the molecule is Cc1nccnc1CC(N)C(=O)O. The summed E-state index contributed by atoms with van der Waals surface area (Å²) in [7, 11) is 0. The van der Waals surface area contributed by atoms with Gasteiger partial charge in [-0.25, -0.2) is 0 Å². The minimum absolute atomic E-state index is 0.217. The highest BCUT2D eigenvalue weighted by Crippen LogP contribution is 2.02. The zero-order valence-corrected chi connectivity index (χ0v) is 7.27. The molecule has 5 nitrogen and oxygen atoms in total. The van der Waals surface area contributed by atoms with Gasteiger partial charge in [-0.3, -0.25) is 14.8 Å². The molecule has 1 heterocycles. The van der Waals surface area contributed by atoms with Crippen molar-refractivity contribution in [2.45, 2.75) is 19.4 Å². The van der Waals surface area contributed by atoms with E-state index in [1.165, 1.54) is 6.20 Å². The smallest absolute Gasteiger partial charge is 0.320 e. The number of nitrogens with zero attached hydrogens (tertiary/aromatic N) is 2. The molecule has 1 aromatic heterocycles. The van der Waals surface area contributed by atoms with Gasteiger partial charge in [0.15, 0.2) is 0 Å². The minimum Gasteiger partial charge on any atom is -0.480 e. The van der Waals surface area contributed by atoms with Gasteiger partial charge in [0, 0.05) is 18.8 Å². The van der Waals surface area contributed by atoms with Crippen LogP contribution in [0, 0.1) is 6.92 Å². The summed E-state index contributed by atoms with van der Waals surface area (Å²) in [4.78, 5) is 18.4. The third kappa shape index (κ3) is 2.48. The molecule has 1 unspecified atom stereocenters. The molecule has 0 saturated carbocycles. The van der Waals surface area contributed by atoms with Crippen LogP contribution in [-0.2, 0) is 11.2 Å². The molecule has 13 heavy (non-hydrogen) atoms. The van der Waals surface area contributed by atoms with Gasteiger partial charge in [0.05, 0.1) is 11.4 Å². The van der Waals surface area contributed by atoms with Gasteiger partial charge in [-0.15, -0.1) is 0 Å². The second-order valence-electron chi connectivity index (χ2n) is 2.74. The molecule has 3 N–H and O–H groups in total. The Bertz CT molecular complexity index is 314. The summed E-state index contributed by atoms with van der Waals surface area (Å²) in [6.07, 6.45) is 3.30. The molecule has 0 fully saturated rings. The van der Waals surface area contributed by atoms with Crippen LogP contribution in [0.3, 0.4) is 0 Å². The number of aliphatic carboxylic acids is 1. The van der Waals surface area contributed by atoms with Gasteiger partial charge in [-0.05, 0) is 6.92 Å². The summed E-state index contributed by atoms with van der Waals surface area (Å²) in [5, 5.41) is 8.56. The maximum atomic E-state index is 10.4. The average Bonchev–Trinajstić information content (AvgIpc) is 2.08. The van der Waals surface area contributed by atoms with Crippen molar-refractivity contribution in [2.24, 2.45) is 5.73 Å². The van der Waals surface area contributed by atoms with Gasteiger partial charge in [0.1, 0.15) is 6.04 Å². The number of hydrogen-bond donors (Lipinski definition) is 2. The number of carboxylic acid groups (broad SMARTS) is 1. The standard InChI is InChI=1S/C8H11N3O2/c1-5-7(11-3-2-10-5)4-6(9)8(12)13/h2-3,6H,4,9H2,1H3,(H,12,13). The molecule has 70 valence electrons. The molecule has 0 aliphatic rings. The Morgan fingerprint density at radius 2 is 2.23 bits per heavy atom. The van der Waals surface area contributed by atoms with Gasteiger partial charge in [0.25, 0.3) is 0 Å². The first-order valence-corrected chi connectivity index (χ1v) is 3.86. The molecule has 1 rings (SSSR count). The van der Waals surface area contributed by atoms with Crippen LogP contribution in [0.15, 0.2) is 12.4 Å². The lowest BCUT2D eigenvalue weighted by Crippen LogP contribution is -2.32. The number of nitrogens with two attached hydrogens (primary N) is 1. The monoisotopic (exact) mass is 181 g/mol. The first-order valence-electron chi connectivity index (χ1n) is 3.86. The lowest BCUT2D eigenvalue weighted by molar-refractivity contribution is -0.138. The van der Waals surface area contributed by atoms with Gasteiger partial charge in [-0.1, -0.05) is 0 Å². The number of carboxylic acids is 1. The fourth-order valence-corrected chi connectivity index (χ4v) is 0.932. The normalized spacial score (nSPS) is 12.5. The van der Waals surface area contributed by atoms with Crippen molar-refractivity contribution in [3.8, 4) is 0 Å². The maximum absolute atomic E-state index is 10.4. The van der Waals surface area contributed by atoms with Crippen LogP contribution in [0.4, 0.5) is 0 Å². The highest BCUT2D eigenvalue weighted by atomic mass is 16.4. The average molecular weight is 181 g/mol. The van der Waals surface area contributed by atoms with E-state index in [2.05, 4.69) is 9.97 Å². The zero-order valence-electron chi connectivity index (χ0n) is 7.27. The number of aromatic nitrogens is 2. The van der Waals surface area contributed by atoms with Crippen LogP contribution in [0.1, 0.15) is 11.4 Å². The molecule has 1 aromatic rings. The highest BCUT2D eigenvalue weighted by molar-refractivity contribution is 5.73. The fraction of sp³-hybridized carbons (Fsp3) is 0.375. The third-order valence-corrected chi connectivity index (χ3v) is 1.71. The van der Waals surface area contributed by atoms with Gasteiger partial charge in [0.2, 0.25) is 0 Å². The molecule has 0 aromatic carbocycles. The highest BCUT2D eigenvalue weighted by Gasteiger charge is 2.14. The van der Waals surface area contributed by atoms with E-state index >= 15 is 0 Å². The quantitative estimate of drug-likeness (QED) is 0.670. The molecule has 0 radical (unpaired) electrons. The molecule has 0 aliphatic carbocycles. The largest absolute Gasteiger partial charge is 0.480 e. The van der Waals surface area contributed by atoms with Crippen molar-refractivity contribution in [1.82, 2.24) is 9.97 Å². The fourth-order valence-electron chi connectivity index (χ4n) is 0.932. The summed E-state index contributed by atoms with van der Waals surface area (Å²) in [5.74, 6) is -1.02. The zero-order chi connectivity index (χ0) is 9.84. The summed E-state index contributed by atoms with van der Waals surface area (Å²) < 4.78 is 0. The van der Waals surface area contributed by atoms with Crippen molar-refractivity contribution in [3.63, 3.8) is 0 Å². The van der Waals surface area contributed by atoms with Crippen molar-refractivity contribution in [1.29, 1.82) is 0 Å². The van der Waals surface area contributed by atoms with E-state index in [-0.39, 0.29) is 6.42 Å². The van der Waals surface area contributed by atoms with E-state index in [0.29, 0.717) is 5.69 Å². The number of rotatable bonds is 3. The second kappa shape index (κ2) is 3.95. The molecule has 5 heteroatoms. The minimum atomic E-state index is -1.02. The Morgan fingerprint density at radius 3 is 2.77 bits per heavy atom. The Labute approximate surface area is 75.6 Å². The van der Waals surface area contributed by atoms with Crippen molar-refractivity contribution in [3.05, 3.63) is 23.8 Å². The molecule has 0 aliphatic heterocycles. The Morgan fingerprint density at radius 1 is 1.62 bits per heavy atom. The van der Waals surface area contributed by atoms with Crippen molar-refractivity contribution < 1.29 is 9.90 Å². The van der Waals surface area contributed by atoms with Crippen LogP contribution in [0.25, 0.3) is 0 Å². The lowest BCUT2D eigenvalue weighted by Gasteiger charge is -2.06. The molecule has 0 spiro atoms. The Kier molecular flexibility index (Phi) is 2.92. The summed E-state index contributed by atoms with van der Waals surface area (Å²) in [6.45, 7) is 1.77. The summed E-state index contributed by atoms with van der Waals surface area (Å²) in [6, 6.07) is -0.907. The second-order valence-corrected chi connectivity index (χ2v) is 2.74. The van der Waals surface area contributed by atoms with E-state index in [4.69, 9.17) is 10.8 Å². The van der Waals surface area contributed by atoms with Crippen LogP contribution in [-0.4, -0.2) is 27.1 Å². The predicted octanol–water partition coefficient (Wildman–Crippen LogP) is -0.261. The van der Waals surface area contributed by atoms with Crippen LogP contribution < -0.4 is 5.73 Å². The summed E-state index contributed by atoms with van der Waals surface area (Å²) >= 11 is 0. The summed E-state index contributed by atoms with van der Waals surface area (Å²) in [5.41, 5.74) is 6.71. The van der Waals surface area contributed by atoms with Crippen LogP contribution in [0.5, 0.6) is 0 Å². The third-order valence-electron chi connectivity index (χ3n) is 1.71. The van der Waals surface area contributed by atoms with E-state index in [9.17, 15) is 4.79 Å². The molecule has 1 atom stereocenters. The van der Waals surface area contributed by atoms with E-state index < -0.39 is 12.0 Å². The molecular formula is C8H11N3O2. The molecule has 0 bridgehead atoms. The number of hydrogen-bond acceptors (Lipinski definition) is 4. The first-order chi connectivity index (χ1) is 6.11.